The Morgan fingerprint density at radius 2 is 1.93 bits per heavy atom. The molecule has 0 spiro atoms. The molecule has 2 aromatic heterocycles. The molecular formula is C10H6N2OS. The molecule has 0 bridgehead atoms. The van der Waals surface area contributed by atoms with Gasteiger partial charge in [-0.15, -0.1) is 0 Å². The molecule has 4 heteroatoms. The van der Waals surface area contributed by atoms with Crippen LogP contribution in [-0.4, -0.2) is 9.97 Å². The van der Waals surface area contributed by atoms with Gasteiger partial charge in [0.1, 0.15) is 5.03 Å². The lowest BCUT2D eigenvalue weighted by molar-refractivity contribution is 0.430. The van der Waals surface area contributed by atoms with E-state index in [0.29, 0.717) is 5.88 Å². The van der Waals surface area contributed by atoms with E-state index in [-0.39, 0.29) is 0 Å². The Balaban J connectivity index is 2.12. The summed E-state index contributed by atoms with van der Waals surface area (Å²) in [6.45, 7) is 0. The first-order valence-corrected chi connectivity index (χ1v) is 5.01. The summed E-state index contributed by atoms with van der Waals surface area (Å²) in [6.07, 6.45) is 3.48. The van der Waals surface area contributed by atoms with E-state index >= 15 is 0 Å². The van der Waals surface area contributed by atoms with Gasteiger partial charge in [-0.2, -0.15) is 0 Å². The van der Waals surface area contributed by atoms with Crippen LogP contribution in [-0.2, 0) is 0 Å². The SMILES string of the molecule is c1cnc2c(c1)Oc1ncccc1S2. The molecule has 3 nitrogen and oxygen atoms in total. The number of aromatic nitrogens is 2. The van der Waals surface area contributed by atoms with Gasteiger partial charge in [-0.1, -0.05) is 11.8 Å². The largest absolute Gasteiger partial charge is 0.435 e. The lowest BCUT2D eigenvalue weighted by Gasteiger charge is -2.16. The summed E-state index contributed by atoms with van der Waals surface area (Å²) in [7, 11) is 0. The van der Waals surface area contributed by atoms with Gasteiger partial charge in [0.05, 0.1) is 4.90 Å². The maximum atomic E-state index is 5.58. The molecule has 0 saturated heterocycles. The maximum absolute atomic E-state index is 5.58. The van der Waals surface area contributed by atoms with Crippen LogP contribution in [0.25, 0.3) is 0 Å². The van der Waals surface area contributed by atoms with E-state index in [4.69, 9.17) is 4.74 Å². The van der Waals surface area contributed by atoms with E-state index in [1.54, 1.807) is 24.2 Å². The zero-order valence-electron chi connectivity index (χ0n) is 7.18. The van der Waals surface area contributed by atoms with Crippen molar-refractivity contribution in [3.63, 3.8) is 0 Å². The first-order chi connectivity index (χ1) is 6.93. The van der Waals surface area contributed by atoms with Gasteiger partial charge in [0.2, 0.25) is 5.88 Å². The van der Waals surface area contributed by atoms with Crippen LogP contribution in [0.15, 0.2) is 46.6 Å². The highest BCUT2D eigenvalue weighted by Gasteiger charge is 2.18. The number of nitrogens with zero attached hydrogens (tertiary/aromatic N) is 2. The number of hydrogen-bond donors (Lipinski definition) is 0. The van der Waals surface area contributed by atoms with Crippen LogP contribution in [0.3, 0.4) is 0 Å². The monoisotopic (exact) mass is 202 g/mol. The van der Waals surface area contributed by atoms with E-state index in [1.807, 2.05) is 24.3 Å². The highest BCUT2D eigenvalue weighted by Crippen LogP contribution is 2.43. The first kappa shape index (κ1) is 7.82. The highest BCUT2D eigenvalue weighted by molar-refractivity contribution is 7.99. The molecule has 0 aliphatic carbocycles. The van der Waals surface area contributed by atoms with Crippen molar-refractivity contribution in [1.82, 2.24) is 9.97 Å². The molecule has 3 rings (SSSR count). The van der Waals surface area contributed by atoms with Crippen molar-refractivity contribution in [2.45, 2.75) is 9.92 Å². The fourth-order valence-electron chi connectivity index (χ4n) is 1.27. The number of rotatable bonds is 0. The van der Waals surface area contributed by atoms with Crippen LogP contribution in [0.4, 0.5) is 0 Å². The van der Waals surface area contributed by atoms with Gasteiger partial charge in [-0.05, 0) is 24.3 Å². The van der Waals surface area contributed by atoms with E-state index in [0.717, 1.165) is 15.7 Å². The van der Waals surface area contributed by atoms with Gasteiger partial charge in [0, 0.05) is 12.4 Å². The second kappa shape index (κ2) is 2.99. The van der Waals surface area contributed by atoms with Crippen molar-refractivity contribution < 1.29 is 4.74 Å². The molecule has 2 aromatic rings. The lowest BCUT2D eigenvalue weighted by atomic mass is 10.4. The fraction of sp³-hybridized carbons (Fsp3) is 0. The Kier molecular flexibility index (Phi) is 1.67. The van der Waals surface area contributed by atoms with Crippen molar-refractivity contribution >= 4 is 11.8 Å². The molecule has 0 N–H and O–H groups in total. The van der Waals surface area contributed by atoms with Crippen LogP contribution in [0, 0.1) is 0 Å². The van der Waals surface area contributed by atoms with Crippen molar-refractivity contribution in [3.05, 3.63) is 36.7 Å². The molecule has 0 aromatic carbocycles. The Hall–Kier alpha value is -1.55. The van der Waals surface area contributed by atoms with Gasteiger partial charge in [0.15, 0.2) is 5.75 Å². The van der Waals surface area contributed by atoms with Gasteiger partial charge in [-0.25, -0.2) is 9.97 Å². The van der Waals surface area contributed by atoms with Crippen LogP contribution >= 0.6 is 11.8 Å². The summed E-state index contributed by atoms with van der Waals surface area (Å²) in [6, 6.07) is 7.62. The van der Waals surface area contributed by atoms with Gasteiger partial charge < -0.3 is 4.74 Å². The maximum Gasteiger partial charge on any atom is 0.233 e. The molecule has 3 heterocycles. The molecule has 0 amide bonds. The molecular weight excluding hydrogens is 196 g/mol. The van der Waals surface area contributed by atoms with E-state index in [9.17, 15) is 0 Å². The number of fused-ring (bicyclic) bond motifs is 2. The zero-order chi connectivity index (χ0) is 9.38. The predicted octanol–water partition coefficient (Wildman–Crippen LogP) is 2.73. The van der Waals surface area contributed by atoms with Crippen LogP contribution in [0.5, 0.6) is 11.6 Å². The number of hydrogen-bond acceptors (Lipinski definition) is 4. The summed E-state index contributed by atoms with van der Waals surface area (Å²) < 4.78 is 5.58. The number of ether oxygens (including phenoxy) is 1. The van der Waals surface area contributed by atoms with Crippen LogP contribution in [0.1, 0.15) is 0 Å². The summed E-state index contributed by atoms with van der Waals surface area (Å²) in [5, 5.41) is 0.896. The third-order valence-corrected chi connectivity index (χ3v) is 2.92. The minimum atomic E-state index is 0.665. The molecule has 14 heavy (non-hydrogen) atoms. The van der Waals surface area contributed by atoms with Crippen LogP contribution < -0.4 is 4.74 Å². The van der Waals surface area contributed by atoms with Crippen molar-refractivity contribution in [2.24, 2.45) is 0 Å². The molecule has 0 fully saturated rings. The highest BCUT2D eigenvalue weighted by atomic mass is 32.2. The average Bonchev–Trinajstić information content (AvgIpc) is 2.26. The molecule has 0 atom stereocenters. The molecule has 1 aliphatic heterocycles. The normalized spacial score (nSPS) is 12.6. The third-order valence-electron chi connectivity index (χ3n) is 1.89. The summed E-state index contributed by atoms with van der Waals surface area (Å²) in [5.74, 6) is 1.45. The average molecular weight is 202 g/mol. The molecule has 0 unspecified atom stereocenters. The van der Waals surface area contributed by atoms with Gasteiger partial charge in [0.25, 0.3) is 0 Å². The molecule has 68 valence electrons. The summed E-state index contributed by atoms with van der Waals surface area (Å²) in [4.78, 5) is 9.39. The Morgan fingerprint density at radius 3 is 2.93 bits per heavy atom. The second-order valence-electron chi connectivity index (χ2n) is 2.82. The first-order valence-electron chi connectivity index (χ1n) is 4.19. The second-order valence-corrected chi connectivity index (χ2v) is 3.85. The molecule has 0 radical (unpaired) electrons. The van der Waals surface area contributed by atoms with Gasteiger partial charge >= 0.3 is 0 Å². The zero-order valence-corrected chi connectivity index (χ0v) is 7.99. The standard InChI is InChI=1S/C10H6N2OS/c1-3-7-10(12-6-1)14-8-4-2-5-11-9(8)13-7/h1-6H. The summed E-state index contributed by atoms with van der Waals surface area (Å²) in [5.41, 5.74) is 0. The van der Waals surface area contributed by atoms with Crippen molar-refractivity contribution in [2.75, 3.05) is 0 Å². The smallest absolute Gasteiger partial charge is 0.233 e. The topological polar surface area (TPSA) is 35.0 Å². The Bertz CT molecular complexity index is 400. The number of pyridine rings is 2. The van der Waals surface area contributed by atoms with E-state index in [2.05, 4.69) is 9.97 Å². The lowest BCUT2D eigenvalue weighted by Crippen LogP contribution is -1.97. The van der Waals surface area contributed by atoms with Crippen molar-refractivity contribution in [1.29, 1.82) is 0 Å². The van der Waals surface area contributed by atoms with Gasteiger partial charge in [-0.3, -0.25) is 0 Å². The minimum Gasteiger partial charge on any atom is -0.435 e. The van der Waals surface area contributed by atoms with E-state index in [1.165, 1.54) is 0 Å². The van der Waals surface area contributed by atoms with Crippen LogP contribution in [0.2, 0.25) is 0 Å². The quantitative estimate of drug-likeness (QED) is 0.561. The predicted molar refractivity (Wildman–Crippen MR) is 52.7 cm³/mol. The molecule has 0 saturated carbocycles. The Labute approximate surface area is 85.2 Å². The van der Waals surface area contributed by atoms with E-state index < -0.39 is 0 Å². The molecule has 1 aliphatic rings. The van der Waals surface area contributed by atoms with Crippen molar-refractivity contribution in [3.8, 4) is 11.6 Å². The minimum absolute atomic E-state index is 0.665. The summed E-state index contributed by atoms with van der Waals surface area (Å²) >= 11 is 1.58. The fourth-order valence-corrected chi connectivity index (χ4v) is 2.13. The Morgan fingerprint density at radius 1 is 1.07 bits per heavy atom. The third kappa shape index (κ3) is 1.15.